The third kappa shape index (κ3) is 2.80. The van der Waals surface area contributed by atoms with Crippen LogP contribution in [0.2, 0.25) is 0 Å². The number of rotatable bonds is 4. The molecule has 7 heteroatoms. The summed E-state index contributed by atoms with van der Waals surface area (Å²) in [5.41, 5.74) is -0.255. The van der Waals surface area contributed by atoms with Gasteiger partial charge in [0.2, 0.25) is 5.82 Å². The molecule has 0 bridgehead atoms. The van der Waals surface area contributed by atoms with Crippen LogP contribution in [0.1, 0.15) is 18.9 Å². The molecule has 0 radical (unpaired) electrons. The lowest BCUT2D eigenvalue weighted by atomic mass is 10.0. The van der Waals surface area contributed by atoms with Crippen molar-refractivity contribution < 1.29 is 9.66 Å². The number of hydrogen-bond donors (Lipinski definition) is 1. The summed E-state index contributed by atoms with van der Waals surface area (Å²) in [4.78, 5) is 14.4. The van der Waals surface area contributed by atoms with Gasteiger partial charge < -0.3 is 10.1 Å². The van der Waals surface area contributed by atoms with Crippen molar-refractivity contribution in [1.29, 1.82) is 5.26 Å². The zero-order valence-electron chi connectivity index (χ0n) is 10.5. The molecule has 1 fully saturated rings. The molecule has 0 spiro atoms. The van der Waals surface area contributed by atoms with Crippen LogP contribution in [-0.2, 0) is 4.74 Å². The topological polar surface area (TPSA) is 101 Å². The maximum atomic E-state index is 11.0. The first-order valence-corrected chi connectivity index (χ1v) is 6.02. The third-order valence-electron chi connectivity index (χ3n) is 3.29. The van der Waals surface area contributed by atoms with Crippen molar-refractivity contribution in [3.05, 3.63) is 27.9 Å². The second-order valence-corrected chi connectivity index (χ2v) is 4.43. The highest BCUT2D eigenvalue weighted by molar-refractivity contribution is 5.64. The van der Waals surface area contributed by atoms with Crippen molar-refractivity contribution in [2.45, 2.75) is 19.4 Å². The number of pyridine rings is 1. The number of hydrogen-bond acceptors (Lipinski definition) is 6. The number of nitrogens with zero attached hydrogens (tertiary/aromatic N) is 3. The molecule has 100 valence electrons. The highest BCUT2D eigenvalue weighted by Crippen LogP contribution is 2.27. The Bertz CT molecular complexity index is 526. The van der Waals surface area contributed by atoms with E-state index in [1.54, 1.807) is 0 Å². The summed E-state index contributed by atoms with van der Waals surface area (Å²) in [5.74, 6) is 0.440. The van der Waals surface area contributed by atoms with E-state index in [9.17, 15) is 10.1 Å². The molecule has 0 aromatic carbocycles. The molecule has 0 amide bonds. The SMILES string of the molecule is CC1OCCC1CNc1nccc(C#N)c1[N+](=O)[O-]. The van der Waals surface area contributed by atoms with Gasteiger partial charge in [-0.25, -0.2) is 4.98 Å². The Morgan fingerprint density at radius 1 is 1.74 bits per heavy atom. The third-order valence-corrected chi connectivity index (χ3v) is 3.29. The van der Waals surface area contributed by atoms with Crippen LogP contribution in [0.25, 0.3) is 0 Å². The Morgan fingerprint density at radius 2 is 2.53 bits per heavy atom. The van der Waals surface area contributed by atoms with Crippen LogP contribution >= 0.6 is 0 Å². The van der Waals surface area contributed by atoms with Gasteiger partial charge in [-0.1, -0.05) is 0 Å². The maximum absolute atomic E-state index is 11.0. The zero-order valence-corrected chi connectivity index (χ0v) is 10.5. The molecule has 1 N–H and O–H groups in total. The molecule has 0 saturated carbocycles. The van der Waals surface area contributed by atoms with Crippen molar-refractivity contribution in [2.75, 3.05) is 18.5 Å². The van der Waals surface area contributed by atoms with Crippen LogP contribution in [0.15, 0.2) is 12.3 Å². The Kier molecular flexibility index (Phi) is 3.92. The van der Waals surface area contributed by atoms with E-state index in [0.29, 0.717) is 19.1 Å². The molecular formula is C12H14N4O3. The molecular weight excluding hydrogens is 248 g/mol. The van der Waals surface area contributed by atoms with Crippen molar-refractivity contribution in [1.82, 2.24) is 4.98 Å². The minimum atomic E-state index is -0.581. The van der Waals surface area contributed by atoms with E-state index < -0.39 is 4.92 Å². The van der Waals surface area contributed by atoms with Gasteiger partial charge in [0.1, 0.15) is 11.6 Å². The summed E-state index contributed by atoms with van der Waals surface area (Å²) < 4.78 is 5.43. The van der Waals surface area contributed by atoms with E-state index in [4.69, 9.17) is 10.00 Å². The lowest BCUT2D eigenvalue weighted by Crippen LogP contribution is -2.21. The lowest BCUT2D eigenvalue weighted by molar-refractivity contribution is -0.384. The normalized spacial score (nSPS) is 21.9. The van der Waals surface area contributed by atoms with E-state index >= 15 is 0 Å². The minimum Gasteiger partial charge on any atom is -0.378 e. The molecule has 1 aliphatic rings. The summed E-state index contributed by atoms with van der Waals surface area (Å²) >= 11 is 0. The zero-order chi connectivity index (χ0) is 13.8. The Morgan fingerprint density at radius 3 is 3.11 bits per heavy atom. The standard InChI is InChI=1S/C12H14N4O3/c1-8-10(3-5-19-8)7-15-12-11(16(17)18)9(6-13)2-4-14-12/h2,4,8,10H,3,5,7H2,1H3,(H,14,15). The Labute approximate surface area is 110 Å². The van der Waals surface area contributed by atoms with Crippen LogP contribution in [0, 0.1) is 27.4 Å². The summed E-state index contributed by atoms with van der Waals surface area (Å²) in [6.07, 6.45) is 2.44. The summed E-state index contributed by atoms with van der Waals surface area (Å²) in [5, 5.41) is 22.9. The minimum absolute atomic E-state index is 0.0122. The van der Waals surface area contributed by atoms with Gasteiger partial charge in [0.25, 0.3) is 0 Å². The van der Waals surface area contributed by atoms with Gasteiger partial charge in [-0.3, -0.25) is 10.1 Å². The van der Waals surface area contributed by atoms with Gasteiger partial charge in [0, 0.05) is 25.3 Å². The van der Waals surface area contributed by atoms with Gasteiger partial charge in [0.05, 0.1) is 11.0 Å². The summed E-state index contributed by atoms with van der Waals surface area (Å²) in [6.45, 7) is 3.23. The first-order chi connectivity index (χ1) is 9.13. The van der Waals surface area contributed by atoms with E-state index in [1.807, 2.05) is 13.0 Å². The second kappa shape index (κ2) is 5.63. The van der Waals surface area contributed by atoms with E-state index in [0.717, 1.165) is 6.42 Å². The Hall–Kier alpha value is -2.20. The van der Waals surface area contributed by atoms with Crippen LogP contribution < -0.4 is 5.32 Å². The van der Waals surface area contributed by atoms with Crippen LogP contribution in [0.5, 0.6) is 0 Å². The van der Waals surface area contributed by atoms with Crippen LogP contribution in [-0.4, -0.2) is 29.2 Å². The Balaban J connectivity index is 2.16. The predicted octanol–water partition coefficient (Wildman–Crippen LogP) is 1.70. The predicted molar refractivity (Wildman–Crippen MR) is 67.6 cm³/mol. The number of anilines is 1. The highest BCUT2D eigenvalue weighted by Gasteiger charge is 2.26. The largest absolute Gasteiger partial charge is 0.378 e. The molecule has 2 rings (SSSR count). The quantitative estimate of drug-likeness (QED) is 0.654. The fourth-order valence-electron chi connectivity index (χ4n) is 2.13. The molecule has 1 aromatic rings. The second-order valence-electron chi connectivity index (χ2n) is 4.43. The van der Waals surface area contributed by atoms with Gasteiger partial charge in [-0.2, -0.15) is 5.26 Å². The van der Waals surface area contributed by atoms with Gasteiger partial charge in [-0.15, -0.1) is 0 Å². The summed E-state index contributed by atoms with van der Waals surface area (Å²) in [7, 11) is 0. The molecule has 0 aliphatic carbocycles. The number of nitriles is 1. The molecule has 1 aromatic heterocycles. The van der Waals surface area contributed by atoms with Crippen LogP contribution in [0.3, 0.4) is 0 Å². The average molecular weight is 262 g/mol. The molecule has 7 nitrogen and oxygen atoms in total. The van der Waals surface area contributed by atoms with Gasteiger partial charge in [-0.05, 0) is 19.4 Å². The lowest BCUT2D eigenvalue weighted by Gasteiger charge is -2.15. The van der Waals surface area contributed by atoms with Crippen LogP contribution in [0.4, 0.5) is 11.5 Å². The van der Waals surface area contributed by atoms with Crippen molar-refractivity contribution in [2.24, 2.45) is 5.92 Å². The first-order valence-electron chi connectivity index (χ1n) is 6.02. The van der Waals surface area contributed by atoms with Gasteiger partial charge in [0.15, 0.2) is 0 Å². The number of aromatic nitrogens is 1. The first kappa shape index (κ1) is 13.2. The van der Waals surface area contributed by atoms with E-state index in [-0.39, 0.29) is 23.2 Å². The molecule has 2 heterocycles. The monoisotopic (exact) mass is 262 g/mol. The molecule has 1 saturated heterocycles. The average Bonchev–Trinajstić information content (AvgIpc) is 2.81. The number of nitrogens with one attached hydrogen (secondary N) is 1. The van der Waals surface area contributed by atoms with Crippen molar-refractivity contribution >= 4 is 11.5 Å². The smallest absolute Gasteiger partial charge is 0.328 e. The number of ether oxygens (including phenoxy) is 1. The fraction of sp³-hybridized carbons (Fsp3) is 0.500. The van der Waals surface area contributed by atoms with Crippen molar-refractivity contribution in [3.63, 3.8) is 0 Å². The molecule has 2 unspecified atom stereocenters. The van der Waals surface area contributed by atoms with Gasteiger partial charge >= 0.3 is 5.69 Å². The molecule has 1 aliphatic heterocycles. The van der Waals surface area contributed by atoms with Crippen molar-refractivity contribution in [3.8, 4) is 6.07 Å². The highest BCUT2D eigenvalue weighted by atomic mass is 16.6. The molecule has 2 atom stereocenters. The maximum Gasteiger partial charge on any atom is 0.328 e. The van der Waals surface area contributed by atoms with E-state index in [1.165, 1.54) is 12.3 Å². The molecule has 19 heavy (non-hydrogen) atoms. The van der Waals surface area contributed by atoms with E-state index in [2.05, 4.69) is 10.3 Å². The summed E-state index contributed by atoms with van der Waals surface area (Å²) in [6, 6.07) is 3.15. The number of nitro groups is 1. The fourth-order valence-corrected chi connectivity index (χ4v) is 2.13.